The minimum absolute atomic E-state index is 0.0734. The van der Waals surface area contributed by atoms with Crippen LogP contribution in [-0.2, 0) is 4.79 Å². The maximum absolute atomic E-state index is 12.1. The highest BCUT2D eigenvalue weighted by molar-refractivity contribution is 6.33. The number of benzene rings is 2. The molecule has 2 aromatic carbocycles. The van der Waals surface area contributed by atoms with E-state index in [-0.39, 0.29) is 18.5 Å². The summed E-state index contributed by atoms with van der Waals surface area (Å²) in [5.41, 5.74) is 1.73. The minimum Gasteiger partial charge on any atom is -0.324 e. The Hall–Kier alpha value is -1.55. The molecule has 23 heavy (non-hydrogen) atoms. The van der Waals surface area contributed by atoms with E-state index in [0.717, 1.165) is 5.56 Å². The molecule has 0 bridgehead atoms. The Morgan fingerprint density at radius 2 is 1.70 bits per heavy atom. The van der Waals surface area contributed by atoms with E-state index < -0.39 is 0 Å². The number of carbonyl (C=O) groups excluding carboxylic acids is 1. The highest BCUT2D eigenvalue weighted by Crippen LogP contribution is 2.23. The summed E-state index contributed by atoms with van der Waals surface area (Å²) in [6, 6.07) is 14.9. The van der Waals surface area contributed by atoms with Crippen LogP contribution in [0.1, 0.15) is 25.5 Å². The molecule has 2 N–H and O–H groups in total. The number of halogens is 2. The first kappa shape index (κ1) is 17.8. The summed E-state index contributed by atoms with van der Waals surface area (Å²) < 4.78 is 0. The van der Waals surface area contributed by atoms with Crippen molar-refractivity contribution in [3.8, 4) is 0 Å². The fourth-order valence-electron chi connectivity index (χ4n) is 2.37. The van der Waals surface area contributed by atoms with Crippen molar-refractivity contribution in [2.24, 2.45) is 5.92 Å². The van der Waals surface area contributed by atoms with Crippen LogP contribution in [0, 0.1) is 5.92 Å². The highest BCUT2D eigenvalue weighted by atomic mass is 35.5. The molecule has 1 atom stereocenters. The van der Waals surface area contributed by atoms with Crippen LogP contribution in [-0.4, -0.2) is 12.5 Å². The van der Waals surface area contributed by atoms with Crippen LogP contribution in [0.5, 0.6) is 0 Å². The lowest BCUT2D eigenvalue weighted by molar-refractivity contribution is -0.115. The fourth-order valence-corrected chi connectivity index (χ4v) is 2.68. The van der Waals surface area contributed by atoms with Gasteiger partial charge in [-0.05, 0) is 35.7 Å². The van der Waals surface area contributed by atoms with Crippen LogP contribution in [0.3, 0.4) is 0 Å². The molecule has 2 aromatic rings. The van der Waals surface area contributed by atoms with Crippen molar-refractivity contribution < 1.29 is 4.79 Å². The molecule has 1 unspecified atom stereocenters. The first-order valence-electron chi connectivity index (χ1n) is 7.50. The Kier molecular flexibility index (Phi) is 6.46. The monoisotopic (exact) mass is 350 g/mol. The lowest BCUT2D eigenvalue weighted by atomic mass is 9.96. The zero-order valence-corrected chi connectivity index (χ0v) is 14.7. The number of hydrogen-bond donors (Lipinski definition) is 2. The molecule has 0 aliphatic carbocycles. The Balaban J connectivity index is 1.97. The predicted molar refractivity (Wildman–Crippen MR) is 97.1 cm³/mol. The third-order valence-corrected chi connectivity index (χ3v) is 4.11. The Morgan fingerprint density at radius 1 is 1.04 bits per heavy atom. The minimum atomic E-state index is -0.127. The van der Waals surface area contributed by atoms with Gasteiger partial charge in [-0.3, -0.25) is 4.79 Å². The maximum atomic E-state index is 12.1. The van der Waals surface area contributed by atoms with Gasteiger partial charge in [0.2, 0.25) is 5.91 Å². The average Bonchev–Trinajstić information content (AvgIpc) is 2.51. The van der Waals surface area contributed by atoms with E-state index in [1.807, 2.05) is 36.4 Å². The van der Waals surface area contributed by atoms with Gasteiger partial charge in [0.05, 0.1) is 17.3 Å². The van der Waals surface area contributed by atoms with Crippen molar-refractivity contribution >= 4 is 34.8 Å². The molecular formula is C18H20Cl2N2O. The average molecular weight is 351 g/mol. The lowest BCUT2D eigenvalue weighted by Gasteiger charge is -2.23. The second-order valence-corrected chi connectivity index (χ2v) is 6.53. The third kappa shape index (κ3) is 5.24. The second-order valence-electron chi connectivity index (χ2n) is 5.68. The van der Waals surface area contributed by atoms with Crippen LogP contribution >= 0.6 is 23.2 Å². The summed E-state index contributed by atoms with van der Waals surface area (Å²) >= 11 is 12.0. The smallest absolute Gasteiger partial charge is 0.238 e. The molecule has 0 heterocycles. The molecule has 0 aromatic heterocycles. The van der Waals surface area contributed by atoms with E-state index in [9.17, 15) is 4.79 Å². The SMILES string of the molecule is CC(C)C(NCC(=O)Nc1ccccc1Cl)c1ccc(Cl)cc1. The molecule has 0 spiro atoms. The number of carbonyl (C=O) groups is 1. The van der Waals surface area contributed by atoms with E-state index in [1.54, 1.807) is 12.1 Å². The summed E-state index contributed by atoms with van der Waals surface area (Å²) in [4.78, 5) is 12.1. The van der Waals surface area contributed by atoms with Gasteiger partial charge in [-0.2, -0.15) is 0 Å². The number of hydrogen-bond acceptors (Lipinski definition) is 2. The Bertz CT molecular complexity index is 656. The topological polar surface area (TPSA) is 41.1 Å². The van der Waals surface area contributed by atoms with Crippen molar-refractivity contribution in [3.63, 3.8) is 0 Å². The largest absolute Gasteiger partial charge is 0.324 e. The molecule has 0 saturated carbocycles. The molecule has 0 saturated heterocycles. The van der Waals surface area contributed by atoms with E-state index in [2.05, 4.69) is 24.5 Å². The predicted octanol–water partition coefficient (Wildman–Crippen LogP) is 4.92. The first-order chi connectivity index (χ1) is 11.0. The van der Waals surface area contributed by atoms with Gasteiger partial charge in [0.15, 0.2) is 0 Å². The lowest BCUT2D eigenvalue weighted by Crippen LogP contribution is -2.33. The Labute approximate surface area is 147 Å². The number of rotatable bonds is 6. The summed E-state index contributed by atoms with van der Waals surface area (Å²) in [6.07, 6.45) is 0. The molecule has 0 aliphatic rings. The van der Waals surface area contributed by atoms with Crippen LogP contribution in [0.15, 0.2) is 48.5 Å². The van der Waals surface area contributed by atoms with E-state index in [4.69, 9.17) is 23.2 Å². The summed E-state index contributed by atoms with van der Waals surface area (Å²) in [5, 5.41) is 7.34. The standard InChI is InChI=1S/C18H20Cl2N2O/c1-12(2)18(13-7-9-14(19)10-8-13)21-11-17(23)22-16-6-4-3-5-15(16)20/h3-10,12,18,21H,11H2,1-2H3,(H,22,23). The van der Waals surface area contributed by atoms with Crippen molar-refractivity contribution in [2.45, 2.75) is 19.9 Å². The highest BCUT2D eigenvalue weighted by Gasteiger charge is 2.16. The molecule has 2 rings (SSSR count). The molecule has 0 radical (unpaired) electrons. The van der Waals surface area contributed by atoms with E-state index >= 15 is 0 Å². The van der Waals surface area contributed by atoms with Crippen LogP contribution in [0.2, 0.25) is 10.0 Å². The normalized spacial score (nSPS) is 12.2. The molecule has 122 valence electrons. The van der Waals surface area contributed by atoms with Gasteiger partial charge in [0, 0.05) is 11.1 Å². The van der Waals surface area contributed by atoms with Gasteiger partial charge in [-0.25, -0.2) is 0 Å². The fraction of sp³-hybridized carbons (Fsp3) is 0.278. The molecule has 0 fully saturated rings. The van der Waals surface area contributed by atoms with Gasteiger partial charge < -0.3 is 10.6 Å². The number of anilines is 1. The number of nitrogens with one attached hydrogen (secondary N) is 2. The van der Waals surface area contributed by atoms with Gasteiger partial charge in [0.1, 0.15) is 0 Å². The van der Waals surface area contributed by atoms with Crippen LogP contribution in [0.25, 0.3) is 0 Å². The van der Waals surface area contributed by atoms with Crippen molar-refractivity contribution in [3.05, 3.63) is 64.1 Å². The van der Waals surface area contributed by atoms with Crippen LogP contribution < -0.4 is 10.6 Å². The maximum Gasteiger partial charge on any atom is 0.238 e. The quantitative estimate of drug-likeness (QED) is 0.776. The summed E-state index contributed by atoms with van der Waals surface area (Å²) in [6.45, 7) is 4.42. The van der Waals surface area contributed by atoms with Gasteiger partial charge in [-0.15, -0.1) is 0 Å². The van der Waals surface area contributed by atoms with E-state index in [0.29, 0.717) is 21.7 Å². The molecule has 5 heteroatoms. The van der Waals surface area contributed by atoms with Gasteiger partial charge in [0.25, 0.3) is 0 Å². The van der Waals surface area contributed by atoms with Gasteiger partial charge in [-0.1, -0.05) is 61.3 Å². The second kappa shape index (κ2) is 8.34. The molecular weight excluding hydrogens is 331 g/mol. The van der Waals surface area contributed by atoms with Crippen molar-refractivity contribution in [1.29, 1.82) is 0 Å². The van der Waals surface area contributed by atoms with Gasteiger partial charge >= 0.3 is 0 Å². The summed E-state index contributed by atoms with van der Waals surface area (Å²) in [5.74, 6) is 0.210. The van der Waals surface area contributed by atoms with E-state index in [1.165, 1.54) is 0 Å². The number of para-hydroxylation sites is 1. The van der Waals surface area contributed by atoms with Crippen molar-refractivity contribution in [1.82, 2.24) is 5.32 Å². The Morgan fingerprint density at radius 3 is 2.30 bits per heavy atom. The molecule has 3 nitrogen and oxygen atoms in total. The molecule has 0 aliphatic heterocycles. The van der Waals surface area contributed by atoms with Crippen molar-refractivity contribution in [2.75, 3.05) is 11.9 Å². The molecule has 1 amide bonds. The summed E-state index contributed by atoms with van der Waals surface area (Å²) in [7, 11) is 0. The third-order valence-electron chi connectivity index (χ3n) is 3.53. The van der Waals surface area contributed by atoms with Crippen LogP contribution in [0.4, 0.5) is 5.69 Å². The zero-order chi connectivity index (χ0) is 16.8. The first-order valence-corrected chi connectivity index (χ1v) is 8.26. The zero-order valence-electron chi connectivity index (χ0n) is 13.1. The number of amides is 1.